The second kappa shape index (κ2) is 7.95. The van der Waals surface area contributed by atoms with Crippen LogP contribution in [0, 0.1) is 0 Å². The lowest BCUT2D eigenvalue weighted by molar-refractivity contribution is -0.192. The lowest BCUT2D eigenvalue weighted by Crippen LogP contribution is -2.63. The maximum atomic E-state index is 14.3. The highest BCUT2D eigenvalue weighted by Crippen LogP contribution is 2.49. The number of alkyl halides is 1. The number of rotatable bonds is 6. The van der Waals surface area contributed by atoms with Gasteiger partial charge < -0.3 is 39.6 Å². The summed E-state index contributed by atoms with van der Waals surface area (Å²) in [6.45, 7) is -9.13. The van der Waals surface area contributed by atoms with E-state index >= 15 is 0 Å². The number of phosphoric acid groups is 1. The third kappa shape index (κ3) is 6.97. The first kappa shape index (κ1) is 23.1. The van der Waals surface area contributed by atoms with Crippen molar-refractivity contribution >= 4 is 44.9 Å². The summed E-state index contributed by atoms with van der Waals surface area (Å²) in [5, 5.41) is 19.7. The van der Waals surface area contributed by atoms with Crippen LogP contribution in [-0.2, 0) is 41.8 Å². The van der Waals surface area contributed by atoms with Gasteiger partial charge in [0.25, 0.3) is 0 Å². The molecule has 0 aromatic heterocycles. The summed E-state index contributed by atoms with van der Waals surface area (Å²) in [6.07, 6.45) is -14.2. The van der Waals surface area contributed by atoms with E-state index in [-0.39, 0.29) is 0 Å². The zero-order valence-corrected chi connectivity index (χ0v) is 15.5. The van der Waals surface area contributed by atoms with Gasteiger partial charge in [0.1, 0.15) is 30.5 Å². The minimum absolute atomic E-state index is 2.17. The normalized spacial score (nSPS) is 35.9. The standard InChI is InChI=1S/C6H14FO12P3S2/c7-1-2(8)5(19-22(15,16)24)3(9)6(17-20(10,11)12)4(1)18-21(13,14)23/h1-6,8-9H,(H2,10,11,12)(H2,13,14,23)(H2,15,16,24)/t1-,2+,3-,4+,5+,6+/m0/s1. The van der Waals surface area contributed by atoms with Crippen LogP contribution in [0.3, 0.4) is 0 Å². The summed E-state index contributed by atoms with van der Waals surface area (Å²) in [7, 11) is -5.37. The molecule has 0 aliphatic heterocycles. The molecule has 1 saturated carbocycles. The molecule has 144 valence electrons. The molecule has 24 heavy (non-hydrogen) atoms. The molecule has 0 aromatic rings. The summed E-state index contributed by atoms with van der Waals surface area (Å²) in [6, 6.07) is 0. The molecule has 0 amide bonds. The van der Waals surface area contributed by atoms with Crippen molar-refractivity contribution in [3.05, 3.63) is 0 Å². The van der Waals surface area contributed by atoms with Crippen LogP contribution in [0.25, 0.3) is 0 Å². The number of phosphoric ester groups is 1. The van der Waals surface area contributed by atoms with Crippen LogP contribution in [0.1, 0.15) is 0 Å². The fourth-order valence-electron chi connectivity index (χ4n) is 1.98. The largest absolute Gasteiger partial charge is 0.470 e. The summed E-state index contributed by atoms with van der Waals surface area (Å²) in [5.41, 5.74) is 0. The van der Waals surface area contributed by atoms with Crippen LogP contribution < -0.4 is 0 Å². The Kier molecular flexibility index (Phi) is 7.64. The highest BCUT2D eigenvalue weighted by atomic mass is 32.5. The Morgan fingerprint density at radius 2 is 1.17 bits per heavy atom. The molecular weight excluding hydrogens is 440 g/mol. The highest BCUT2D eigenvalue weighted by Gasteiger charge is 2.56. The highest BCUT2D eigenvalue weighted by molar-refractivity contribution is 8.07. The Balaban J connectivity index is 3.23. The predicted octanol–water partition coefficient (Wildman–Crippen LogP) is -2.27. The van der Waals surface area contributed by atoms with Crippen LogP contribution in [-0.4, -0.2) is 76.3 Å². The Labute approximate surface area is 144 Å². The van der Waals surface area contributed by atoms with Crippen LogP contribution >= 0.6 is 21.3 Å². The number of hydrogen-bond donors (Lipinski definition) is 8. The van der Waals surface area contributed by atoms with Crippen molar-refractivity contribution in [1.82, 2.24) is 0 Å². The lowest BCUT2D eigenvalue weighted by Gasteiger charge is -2.44. The molecule has 6 atom stereocenters. The summed E-state index contributed by atoms with van der Waals surface area (Å²) >= 11 is 8.22. The number of aliphatic hydroxyl groups is 2. The molecule has 0 radical (unpaired) electrons. The molecule has 1 fully saturated rings. The Morgan fingerprint density at radius 3 is 1.54 bits per heavy atom. The molecule has 1 rings (SSSR count). The monoisotopic (exact) mass is 454 g/mol. The van der Waals surface area contributed by atoms with Gasteiger partial charge in [0.15, 0.2) is 6.17 Å². The fourth-order valence-corrected chi connectivity index (χ4v) is 4.26. The number of hydrogen-bond acceptors (Lipinski definition) is 8. The summed E-state index contributed by atoms with van der Waals surface area (Å²) < 4.78 is 38.1. The van der Waals surface area contributed by atoms with Gasteiger partial charge >= 0.3 is 21.3 Å². The SMILES string of the molecule is O=P(O)(O)O[C@@H]1[C@@H](O)[C@H](OP(O)(O)=S)[C@H](O)[C@H](F)[C@H]1OP(O)(O)=S. The van der Waals surface area contributed by atoms with E-state index in [9.17, 15) is 19.2 Å². The fraction of sp³-hybridized carbons (Fsp3) is 1.00. The van der Waals surface area contributed by atoms with E-state index in [1.54, 1.807) is 0 Å². The van der Waals surface area contributed by atoms with Crippen molar-refractivity contribution in [3.63, 3.8) is 0 Å². The van der Waals surface area contributed by atoms with E-state index in [4.69, 9.17) is 29.4 Å². The smallest absolute Gasteiger partial charge is 0.387 e. The molecular formula is C6H14FO12P3S2. The van der Waals surface area contributed by atoms with Crippen LogP contribution in [0.4, 0.5) is 4.39 Å². The maximum absolute atomic E-state index is 14.3. The summed E-state index contributed by atoms with van der Waals surface area (Å²) in [5.74, 6) is 0. The number of halogens is 1. The molecule has 1 aliphatic carbocycles. The Bertz CT molecular complexity index is 587. The van der Waals surface area contributed by atoms with Crippen molar-refractivity contribution in [1.29, 1.82) is 0 Å². The molecule has 8 N–H and O–H groups in total. The van der Waals surface area contributed by atoms with Gasteiger partial charge in [-0.15, -0.1) is 0 Å². The zero-order chi connectivity index (χ0) is 19.1. The minimum Gasteiger partial charge on any atom is -0.387 e. The van der Waals surface area contributed by atoms with Crippen LogP contribution in [0.5, 0.6) is 0 Å². The molecule has 12 nitrogen and oxygen atoms in total. The first-order valence-corrected chi connectivity index (χ1v) is 12.5. The average molecular weight is 454 g/mol. The van der Waals surface area contributed by atoms with Gasteiger partial charge in [0, 0.05) is 0 Å². The van der Waals surface area contributed by atoms with Gasteiger partial charge in [-0.25, -0.2) is 8.96 Å². The van der Waals surface area contributed by atoms with Crippen molar-refractivity contribution in [2.75, 3.05) is 0 Å². The molecule has 18 heteroatoms. The lowest BCUT2D eigenvalue weighted by atomic mass is 9.86. The first-order valence-electron chi connectivity index (χ1n) is 5.74. The third-order valence-corrected chi connectivity index (χ3v) is 4.82. The summed E-state index contributed by atoms with van der Waals surface area (Å²) in [4.78, 5) is 53.9. The van der Waals surface area contributed by atoms with Gasteiger partial charge in [-0.3, -0.25) is 13.6 Å². The van der Waals surface area contributed by atoms with E-state index in [0.29, 0.717) is 0 Å². The average Bonchev–Trinajstić information content (AvgIpc) is 2.32. The van der Waals surface area contributed by atoms with Crippen molar-refractivity contribution in [2.24, 2.45) is 0 Å². The van der Waals surface area contributed by atoms with E-state index in [1.165, 1.54) is 0 Å². The van der Waals surface area contributed by atoms with Crippen LogP contribution in [0.15, 0.2) is 0 Å². The zero-order valence-electron chi connectivity index (χ0n) is 11.2. The molecule has 0 bridgehead atoms. The van der Waals surface area contributed by atoms with Crippen LogP contribution in [0.2, 0.25) is 0 Å². The van der Waals surface area contributed by atoms with E-state index < -0.39 is 58.0 Å². The predicted molar refractivity (Wildman–Crippen MR) is 81.0 cm³/mol. The van der Waals surface area contributed by atoms with Crippen molar-refractivity contribution in [2.45, 2.75) is 36.7 Å². The molecule has 0 spiro atoms. The Morgan fingerprint density at radius 1 is 0.750 bits per heavy atom. The van der Waals surface area contributed by atoms with E-state index in [2.05, 4.69) is 37.2 Å². The maximum Gasteiger partial charge on any atom is 0.470 e. The second-order valence-corrected chi connectivity index (χ2v) is 11.0. The minimum atomic E-state index is -5.37. The second-order valence-electron chi connectivity index (χ2n) is 4.61. The molecule has 1 aliphatic rings. The van der Waals surface area contributed by atoms with Gasteiger partial charge in [-0.1, -0.05) is 0 Å². The van der Waals surface area contributed by atoms with Gasteiger partial charge in [0.2, 0.25) is 0 Å². The van der Waals surface area contributed by atoms with Crippen molar-refractivity contribution < 1.29 is 62.1 Å². The van der Waals surface area contributed by atoms with Crippen molar-refractivity contribution in [3.8, 4) is 0 Å². The van der Waals surface area contributed by atoms with Gasteiger partial charge in [0.05, 0.1) is 0 Å². The quantitative estimate of drug-likeness (QED) is 0.199. The molecule has 0 saturated heterocycles. The number of aliphatic hydroxyl groups excluding tert-OH is 2. The molecule has 0 aromatic carbocycles. The third-order valence-electron chi connectivity index (χ3n) is 2.75. The molecule has 0 unspecified atom stereocenters. The van der Waals surface area contributed by atoms with E-state index in [0.717, 1.165) is 0 Å². The van der Waals surface area contributed by atoms with Gasteiger partial charge in [-0.2, -0.15) is 0 Å². The topological polar surface area (TPSA) is 207 Å². The Hall–Kier alpha value is 1.02. The van der Waals surface area contributed by atoms with E-state index in [1.807, 2.05) is 0 Å². The first-order chi connectivity index (χ1) is 10.5. The van der Waals surface area contributed by atoms with Gasteiger partial charge in [-0.05, 0) is 23.6 Å². The molecule has 0 heterocycles.